The summed E-state index contributed by atoms with van der Waals surface area (Å²) in [6.45, 7) is 1.90. The van der Waals surface area contributed by atoms with Crippen molar-refractivity contribution in [3.63, 3.8) is 0 Å². The van der Waals surface area contributed by atoms with Crippen molar-refractivity contribution in [2.75, 3.05) is 13.1 Å². The molecule has 0 saturated carbocycles. The predicted molar refractivity (Wildman–Crippen MR) is 36.6 cm³/mol. The first-order valence-corrected chi connectivity index (χ1v) is 4.12. The van der Waals surface area contributed by atoms with Gasteiger partial charge in [-0.25, -0.2) is 0 Å². The van der Waals surface area contributed by atoms with Crippen molar-refractivity contribution in [3.8, 4) is 0 Å². The van der Waals surface area contributed by atoms with E-state index in [-0.39, 0.29) is 4.81 Å². The first-order chi connectivity index (χ1) is 4.30. The van der Waals surface area contributed by atoms with Gasteiger partial charge in [0.1, 0.15) is 0 Å². The van der Waals surface area contributed by atoms with Gasteiger partial charge in [0, 0.05) is 0 Å². The van der Waals surface area contributed by atoms with Gasteiger partial charge in [0.15, 0.2) is 0 Å². The van der Waals surface area contributed by atoms with E-state index in [1.54, 1.807) is 0 Å². The fourth-order valence-electron chi connectivity index (χ4n) is 1.08. The number of nitrogens with zero attached hydrogens (tertiary/aromatic N) is 1. The average molecular weight is 191 g/mol. The fourth-order valence-corrected chi connectivity index (χ4v) is 1.46. The number of amides is 1. The summed E-state index contributed by atoms with van der Waals surface area (Å²) in [4.78, 5) is 12.6. The van der Waals surface area contributed by atoms with Gasteiger partial charge in [0.2, 0.25) is 0 Å². The molecule has 1 amide bonds. The molecule has 0 spiro atoms. The van der Waals surface area contributed by atoms with Crippen LogP contribution >= 0.6 is 0 Å². The van der Waals surface area contributed by atoms with Gasteiger partial charge >= 0.3 is 62.9 Å². The average Bonchev–Trinajstić information content (AvgIpc) is 1.90. The molecular formula is C6H10NOSe-. The molecule has 1 fully saturated rings. The minimum absolute atomic E-state index is 0.106. The molecule has 0 N–H and O–H groups in total. The first-order valence-electron chi connectivity index (χ1n) is 3.26. The van der Waals surface area contributed by atoms with E-state index >= 15 is 0 Å². The molecule has 0 atom stereocenters. The fraction of sp³-hybridized carbons (Fsp3) is 0.833. The third-order valence-electron chi connectivity index (χ3n) is 1.61. The molecular weight excluding hydrogens is 181 g/mol. The van der Waals surface area contributed by atoms with Crippen LogP contribution in [0.15, 0.2) is 0 Å². The SMILES string of the molecule is O=C([Se-])N1CCCCC1. The normalized spacial score (nSPS) is 19.8. The maximum atomic E-state index is 10.7. The van der Waals surface area contributed by atoms with Crippen molar-refractivity contribution in [2.24, 2.45) is 0 Å². The molecule has 0 radical (unpaired) electrons. The van der Waals surface area contributed by atoms with Crippen LogP contribution in [0.1, 0.15) is 19.3 Å². The summed E-state index contributed by atoms with van der Waals surface area (Å²) in [7, 11) is 0. The number of likely N-dealkylation sites (tertiary alicyclic amines) is 1. The van der Waals surface area contributed by atoms with Crippen molar-refractivity contribution in [1.29, 1.82) is 0 Å². The molecule has 1 aliphatic heterocycles. The monoisotopic (exact) mass is 192 g/mol. The third kappa shape index (κ3) is 1.99. The molecule has 1 aliphatic rings. The van der Waals surface area contributed by atoms with Gasteiger partial charge in [0.05, 0.1) is 0 Å². The van der Waals surface area contributed by atoms with Crippen LogP contribution in [0, 0.1) is 0 Å². The molecule has 0 aromatic rings. The van der Waals surface area contributed by atoms with E-state index < -0.39 is 0 Å². The molecule has 9 heavy (non-hydrogen) atoms. The van der Waals surface area contributed by atoms with Gasteiger partial charge < -0.3 is 0 Å². The zero-order chi connectivity index (χ0) is 6.69. The van der Waals surface area contributed by atoms with Crippen molar-refractivity contribution in [1.82, 2.24) is 4.90 Å². The minimum atomic E-state index is 0.106. The van der Waals surface area contributed by atoms with Gasteiger partial charge in [-0.1, -0.05) is 0 Å². The van der Waals surface area contributed by atoms with Crippen molar-refractivity contribution in [3.05, 3.63) is 0 Å². The second-order valence-electron chi connectivity index (χ2n) is 2.31. The van der Waals surface area contributed by atoms with E-state index in [0.29, 0.717) is 0 Å². The molecule has 1 saturated heterocycles. The summed E-state index contributed by atoms with van der Waals surface area (Å²) in [5.41, 5.74) is 0. The second kappa shape index (κ2) is 3.23. The summed E-state index contributed by atoms with van der Waals surface area (Å²) >= 11 is 2.50. The van der Waals surface area contributed by atoms with Gasteiger partial charge in [-0.2, -0.15) is 0 Å². The summed E-state index contributed by atoms with van der Waals surface area (Å²) in [5, 5.41) is 0. The maximum absolute atomic E-state index is 10.7. The molecule has 52 valence electrons. The molecule has 0 aromatic heterocycles. The van der Waals surface area contributed by atoms with Gasteiger partial charge in [0.25, 0.3) is 0 Å². The van der Waals surface area contributed by atoms with Crippen molar-refractivity contribution >= 4 is 20.8 Å². The second-order valence-corrected chi connectivity index (χ2v) is 3.05. The van der Waals surface area contributed by atoms with E-state index in [9.17, 15) is 4.79 Å². The van der Waals surface area contributed by atoms with E-state index in [1.165, 1.54) is 19.3 Å². The van der Waals surface area contributed by atoms with E-state index in [2.05, 4.69) is 16.0 Å². The Morgan fingerprint density at radius 2 is 1.78 bits per heavy atom. The van der Waals surface area contributed by atoms with Crippen LogP contribution in [0.2, 0.25) is 0 Å². The number of hydrogen-bond acceptors (Lipinski definition) is 1. The topological polar surface area (TPSA) is 20.3 Å². The number of carbonyl (C=O) groups is 1. The number of piperidine rings is 1. The van der Waals surface area contributed by atoms with Crippen LogP contribution in [0.5, 0.6) is 0 Å². The Morgan fingerprint density at radius 1 is 1.22 bits per heavy atom. The summed E-state index contributed by atoms with van der Waals surface area (Å²) in [6, 6.07) is 0. The predicted octanol–water partition coefficient (Wildman–Crippen LogP) is 0.761. The molecule has 0 aliphatic carbocycles. The number of carbonyl (C=O) groups excluding carboxylic acids is 1. The zero-order valence-corrected chi connectivity index (χ0v) is 7.01. The number of hydrogen-bond donors (Lipinski definition) is 0. The molecule has 3 heteroatoms. The Hall–Kier alpha value is -0.0105. The van der Waals surface area contributed by atoms with Crippen molar-refractivity contribution in [2.45, 2.75) is 19.3 Å². The Bertz CT molecular complexity index is 110. The van der Waals surface area contributed by atoms with E-state index in [4.69, 9.17) is 0 Å². The Labute approximate surface area is 63.4 Å². The Morgan fingerprint density at radius 3 is 2.11 bits per heavy atom. The van der Waals surface area contributed by atoms with Crippen LogP contribution in [0.3, 0.4) is 0 Å². The summed E-state index contributed by atoms with van der Waals surface area (Å²) in [6.07, 6.45) is 3.63. The quantitative estimate of drug-likeness (QED) is 0.517. The molecule has 0 aromatic carbocycles. The van der Waals surface area contributed by atoms with Crippen LogP contribution in [-0.4, -0.2) is 38.8 Å². The standard InChI is InChI=1S/C6H11NOSe/c8-6(9)7-4-2-1-3-5-7/h1-5H2,(H,8,9)/p-1. The van der Waals surface area contributed by atoms with Gasteiger partial charge in [-0.3, -0.25) is 0 Å². The molecule has 0 bridgehead atoms. The van der Waals surface area contributed by atoms with Gasteiger partial charge in [-0.15, -0.1) is 0 Å². The van der Waals surface area contributed by atoms with Crippen molar-refractivity contribution < 1.29 is 4.79 Å². The molecule has 1 rings (SSSR count). The Balaban J connectivity index is 2.31. The van der Waals surface area contributed by atoms with Gasteiger partial charge in [-0.05, 0) is 0 Å². The summed E-state index contributed by atoms with van der Waals surface area (Å²) in [5.74, 6) is 0. The Kier molecular flexibility index (Phi) is 2.55. The van der Waals surface area contributed by atoms with E-state index in [0.717, 1.165) is 13.1 Å². The zero-order valence-electron chi connectivity index (χ0n) is 5.30. The molecule has 2 nitrogen and oxygen atoms in total. The third-order valence-corrected chi connectivity index (χ3v) is 2.16. The number of rotatable bonds is 0. The van der Waals surface area contributed by atoms with E-state index in [1.807, 2.05) is 4.90 Å². The van der Waals surface area contributed by atoms with Crippen LogP contribution in [0.4, 0.5) is 4.79 Å². The van der Waals surface area contributed by atoms with Crippen LogP contribution in [0.25, 0.3) is 0 Å². The van der Waals surface area contributed by atoms with Crippen LogP contribution < -0.4 is 0 Å². The molecule has 1 heterocycles. The first kappa shape index (κ1) is 7.10. The molecule has 0 unspecified atom stereocenters. The summed E-state index contributed by atoms with van der Waals surface area (Å²) < 4.78 is 0. The van der Waals surface area contributed by atoms with Crippen LogP contribution in [-0.2, 0) is 0 Å².